The molecule has 0 spiro atoms. The maximum absolute atomic E-state index is 12.3. The average Bonchev–Trinajstić information content (AvgIpc) is 2.66. The number of nitrogens with zero attached hydrogens (tertiary/aromatic N) is 1. The fourth-order valence-electron chi connectivity index (χ4n) is 2.25. The molecule has 11 heteroatoms. The maximum Gasteiger partial charge on any atom is 0.407 e. The highest BCUT2D eigenvalue weighted by molar-refractivity contribution is 7.89. The third kappa shape index (κ3) is 10.4. The SMILES string of the molecule is CN=C(NCCNC(=O)OC(C)(C)C)NCc1cccc(S(=O)(=O)NCCOC)c1. The van der Waals surface area contributed by atoms with Crippen molar-refractivity contribution in [3.8, 4) is 0 Å². The summed E-state index contributed by atoms with van der Waals surface area (Å²) in [5, 5.41) is 8.81. The van der Waals surface area contributed by atoms with E-state index in [0.29, 0.717) is 32.2 Å². The van der Waals surface area contributed by atoms with Crippen LogP contribution in [0.25, 0.3) is 0 Å². The van der Waals surface area contributed by atoms with Crippen molar-refractivity contribution >= 4 is 22.1 Å². The molecule has 0 radical (unpaired) electrons. The first-order valence-corrected chi connectivity index (χ1v) is 11.0. The van der Waals surface area contributed by atoms with Crippen LogP contribution in [0.4, 0.5) is 4.79 Å². The zero-order chi connectivity index (χ0) is 22.6. The molecule has 0 aromatic heterocycles. The molecule has 0 saturated heterocycles. The van der Waals surface area contributed by atoms with Crippen molar-refractivity contribution in [1.29, 1.82) is 0 Å². The minimum Gasteiger partial charge on any atom is -0.444 e. The molecule has 0 aliphatic heterocycles. The number of hydrogen-bond acceptors (Lipinski definition) is 6. The second-order valence-corrected chi connectivity index (χ2v) is 9.09. The molecule has 0 aliphatic carbocycles. The van der Waals surface area contributed by atoms with E-state index in [9.17, 15) is 13.2 Å². The van der Waals surface area contributed by atoms with E-state index in [1.165, 1.54) is 13.2 Å². The Bertz CT molecular complexity index is 806. The first-order valence-electron chi connectivity index (χ1n) is 9.56. The summed E-state index contributed by atoms with van der Waals surface area (Å²) in [5.74, 6) is 0.521. The summed E-state index contributed by atoms with van der Waals surface area (Å²) >= 11 is 0. The van der Waals surface area contributed by atoms with E-state index in [1.54, 1.807) is 40.0 Å². The van der Waals surface area contributed by atoms with Crippen molar-refractivity contribution in [2.24, 2.45) is 4.99 Å². The predicted molar refractivity (Wildman–Crippen MR) is 116 cm³/mol. The van der Waals surface area contributed by atoms with Crippen molar-refractivity contribution in [2.45, 2.75) is 37.8 Å². The summed E-state index contributed by atoms with van der Waals surface area (Å²) < 4.78 is 37.1. The van der Waals surface area contributed by atoms with Crippen LogP contribution in [0.1, 0.15) is 26.3 Å². The monoisotopic (exact) mass is 443 g/mol. The Morgan fingerprint density at radius 3 is 2.43 bits per heavy atom. The number of nitrogens with one attached hydrogen (secondary N) is 4. The largest absolute Gasteiger partial charge is 0.444 e. The topological polar surface area (TPSA) is 130 Å². The van der Waals surface area contributed by atoms with E-state index >= 15 is 0 Å². The number of benzene rings is 1. The Labute approximate surface area is 178 Å². The van der Waals surface area contributed by atoms with E-state index in [0.717, 1.165) is 5.56 Å². The smallest absolute Gasteiger partial charge is 0.407 e. The quantitative estimate of drug-likeness (QED) is 0.239. The summed E-state index contributed by atoms with van der Waals surface area (Å²) in [7, 11) is -0.462. The highest BCUT2D eigenvalue weighted by atomic mass is 32.2. The van der Waals surface area contributed by atoms with Crippen molar-refractivity contribution in [3.05, 3.63) is 29.8 Å². The molecule has 0 saturated carbocycles. The molecular weight excluding hydrogens is 410 g/mol. The Balaban J connectivity index is 2.49. The molecule has 10 nitrogen and oxygen atoms in total. The molecule has 1 aromatic rings. The normalized spacial score (nSPS) is 12.4. The van der Waals surface area contributed by atoms with Crippen molar-refractivity contribution in [2.75, 3.05) is 40.4 Å². The van der Waals surface area contributed by atoms with E-state index < -0.39 is 21.7 Å². The maximum atomic E-state index is 12.3. The van der Waals surface area contributed by atoms with Crippen LogP contribution in [0.3, 0.4) is 0 Å². The molecule has 1 amide bonds. The van der Waals surface area contributed by atoms with Crippen molar-refractivity contribution in [1.82, 2.24) is 20.7 Å². The van der Waals surface area contributed by atoms with Gasteiger partial charge in [0.2, 0.25) is 10.0 Å². The van der Waals surface area contributed by atoms with Gasteiger partial charge in [-0.05, 0) is 38.5 Å². The number of ether oxygens (including phenoxy) is 2. The van der Waals surface area contributed by atoms with Gasteiger partial charge in [0.25, 0.3) is 0 Å². The van der Waals surface area contributed by atoms with Crippen LogP contribution in [0.15, 0.2) is 34.2 Å². The second kappa shape index (κ2) is 12.4. The second-order valence-electron chi connectivity index (χ2n) is 7.32. The van der Waals surface area contributed by atoms with Gasteiger partial charge in [-0.25, -0.2) is 17.9 Å². The Hall–Kier alpha value is -2.37. The number of aliphatic imine (C=N–C) groups is 1. The Morgan fingerprint density at radius 1 is 1.10 bits per heavy atom. The lowest BCUT2D eigenvalue weighted by Crippen LogP contribution is -2.42. The zero-order valence-corrected chi connectivity index (χ0v) is 19.1. The molecule has 170 valence electrons. The van der Waals surface area contributed by atoms with Gasteiger partial charge in [-0.1, -0.05) is 12.1 Å². The number of amides is 1. The van der Waals surface area contributed by atoms with E-state index in [4.69, 9.17) is 9.47 Å². The molecule has 1 rings (SSSR count). The minimum absolute atomic E-state index is 0.183. The first kappa shape index (κ1) is 25.7. The van der Waals surface area contributed by atoms with Gasteiger partial charge in [0.1, 0.15) is 5.60 Å². The van der Waals surface area contributed by atoms with Gasteiger partial charge in [-0.15, -0.1) is 0 Å². The summed E-state index contributed by atoms with van der Waals surface area (Å²) in [6, 6.07) is 6.63. The van der Waals surface area contributed by atoms with Gasteiger partial charge in [0.15, 0.2) is 5.96 Å². The Morgan fingerprint density at radius 2 is 1.80 bits per heavy atom. The lowest BCUT2D eigenvalue weighted by atomic mass is 10.2. The van der Waals surface area contributed by atoms with Crippen LogP contribution in [0, 0.1) is 0 Å². The summed E-state index contributed by atoms with van der Waals surface area (Å²) in [4.78, 5) is 15.9. The molecule has 0 unspecified atom stereocenters. The van der Waals surface area contributed by atoms with Crippen LogP contribution in [-0.2, 0) is 26.0 Å². The number of hydrogen-bond donors (Lipinski definition) is 4. The van der Waals surface area contributed by atoms with Gasteiger partial charge >= 0.3 is 6.09 Å². The summed E-state index contributed by atoms with van der Waals surface area (Å²) in [5.41, 5.74) is 0.232. The predicted octanol–water partition coefficient (Wildman–Crippen LogP) is 0.801. The molecule has 1 aromatic carbocycles. The van der Waals surface area contributed by atoms with Crippen LogP contribution >= 0.6 is 0 Å². The fraction of sp³-hybridized carbons (Fsp3) is 0.579. The number of alkyl carbamates (subject to hydrolysis) is 1. The highest BCUT2D eigenvalue weighted by Crippen LogP contribution is 2.11. The number of sulfonamides is 1. The molecule has 0 bridgehead atoms. The third-order valence-corrected chi connectivity index (χ3v) is 5.03. The number of rotatable bonds is 10. The van der Waals surface area contributed by atoms with Crippen molar-refractivity contribution in [3.63, 3.8) is 0 Å². The fourth-order valence-corrected chi connectivity index (χ4v) is 3.33. The lowest BCUT2D eigenvalue weighted by Gasteiger charge is -2.20. The van der Waals surface area contributed by atoms with Crippen molar-refractivity contribution < 1.29 is 22.7 Å². The number of methoxy groups -OCH3 is 1. The van der Waals surface area contributed by atoms with Crippen LogP contribution in [-0.4, -0.2) is 66.5 Å². The summed E-state index contributed by atoms with van der Waals surface area (Å²) in [6.07, 6.45) is -0.482. The van der Waals surface area contributed by atoms with Crippen LogP contribution in [0.5, 0.6) is 0 Å². The third-order valence-electron chi connectivity index (χ3n) is 3.58. The van der Waals surface area contributed by atoms with E-state index in [2.05, 4.69) is 25.7 Å². The molecule has 4 N–H and O–H groups in total. The number of guanidine groups is 1. The molecule has 0 atom stereocenters. The molecule has 0 aliphatic rings. The van der Waals surface area contributed by atoms with E-state index in [-0.39, 0.29) is 11.4 Å². The van der Waals surface area contributed by atoms with Crippen LogP contribution < -0.4 is 20.7 Å². The minimum atomic E-state index is -3.59. The van der Waals surface area contributed by atoms with Gasteiger partial charge in [0.05, 0.1) is 11.5 Å². The van der Waals surface area contributed by atoms with E-state index in [1.807, 2.05) is 6.07 Å². The van der Waals surface area contributed by atoms with Gasteiger partial charge < -0.3 is 25.4 Å². The lowest BCUT2D eigenvalue weighted by molar-refractivity contribution is 0.0529. The molecule has 0 heterocycles. The number of carbonyl (C=O) groups is 1. The van der Waals surface area contributed by atoms with Gasteiger partial charge in [-0.3, -0.25) is 4.99 Å². The highest BCUT2D eigenvalue weighted by Gasteiger charge is 2.15. The number of carbonyl (C=O) groups excluding carboxylic acids is 1. The average molecular weight is 444 g/mol. The van der Waals surface area contributed by atoms with Gasteiger partial charge in [-0.2, -0.15) is 0 Å². The molecular formula is C19H33N5O5S. The first-order chi connectivity index (χ1) is 14.1. The van der Waals surface area contributed by atoms with Gasteiger partial charge in [0, 0.05) is 40.3 Å². The summed E-state index contributed by atoms with van der Waals surface area (Å²) in [6.45, 7) is 7.07. The molecule has 30 heavy (non-hydrogen) atoms. The zero-order valence-electron chi connectivity index (χ0n) is 18.2. The van der Waals surface area contributed by atoms with Crippen LogP contribution in [0.2, 0.25) is 0 Å². The molecule has 0 fully saturated rings. The Kier molecular flexibility index (Phi) is 10.6. The standard InChI is InChI=1S/C19H33N5O5S/c1-19(2,3)29-18(25)22-10-9-21-17(20-4)23-14-15-7-6-8-16(13-15)30(26,27)24-11-12-28-5/h6-8,13,24H,9-12,14H2,1-5H3,(H,22,25)(H2,20,21,23).